The van der Waals surface area contributed by atoms with Gasteiger partial charge in [-0.15, -0.1) is 11.3 Å². The number of carbonyl (C=O) groups is 8. The van der Waals surface area contributed by atoms with Crippen molar-refractivity contribution in [2.24, 2.45) is 17.8 Å². The number of alkyl carbamates (subject to hydrolysis) is 2. The first kappa shape index (κ1) is 69.7. The molecule has 21 heteroatoms. The number of methoxy groups -OCH3 is 1. The molecular formula is C67H94N8O12S. The number of thiazole rings is 1. The molecule has 0 saturated carbocycles. The van der Waals surface area contributed by atoms with Gasteiger partial charge in [0.25, 0.3) is 5.91 Å². The van der Waals surface area contributed by atoms with Gasteiger partial charge in [0.1, 0.15) is 35.0 Å². The van der Waals surface area contributed by atoms with E-state index in [9.17, 15) is 38.4 Å². The summed E-state index contributed by atoms with van der Waals surface area (Å²) in [6.45, 7) is 21.6. The summed E-state index contributed by atoms with van der Waals surface area (Å²) in [5.41, 5.74) is 4.12. The summed E-state index contributed by atoms with van der Waals surface area (Å²) in [7, 11) is 3.25. The standard InChI is InChI=1S/C67H94N8O12S/c1-14-42(5)57(73-63(81)67(11)33-21-23-35-74(67)12)61(79)75(15-2)55(41(3)4)38-56(86-44(7)76)60-71-54(40-88-60)59(78)70-47(36-43(6)62(80)84-13)37-45-29-31-46(32-30-45)69-58(77)53(28-20-22-34-68-64(82)87-66(8,9)10)72-65(83)85-39-52-50-26-18-16-24-48(50)49-25-17-19-27-51(49)52/h16-19,24-27,29-32,40-43,47,52-53,55-57H,14-15,20-23,28,33-39H2,1-13H3,(H,68,82)(H,69,77)(H,70,78)(H,72,83)(H,73,81)/t42-,43-,47+,53-,55+,56+,57-,67+/m0/s1. The molecule has 5 N–H and O–H groups in total. The van der Waals surface area contributed by atoms with Gasteiger partial charge in [0.15, 0.2) is 6.10 Å². The number of ether oxygens (including phenoxy) is 4. The van der Waals surface area contributed by atoms with Crippen molar-refractivity contribution in [3.8, 4) is 11.1 Å². The lowest BCUT2D eigenvalue weighted by molar-refractivity contribution is -0.150. The summed E-state index contributed by atoms with van der Waals surface area (Å²) in [5, 5.41) is 16.6. The fourth-order valence-electron chi connectivity index (χ4n) is 11.6. The highest BCUT2D eigenvalue weighted by atomic mass is 32.1. The number of esters is 2. The Morgan fingerprint density at radius 3 is 2.09 bits per heavy atom. The maximum atomic E-state index is 14.8. The molecule has 1 aromatic heterocycles. The number of nitrogens with zero attached hydrogens (tertiary/aromatic N) is 3. The van der Waals surface area contributed by atoms with Crippen molar-refractivity contribution in [2.45, 2.75) is 188 Å². The summed E-state index contributed by atoms with van der Waals surface area (Å²) in [4.78, 5) is 117. The molecule has 8 atom stereocenters. The number of fused-ring (bicyclic) bond motifs is 3. The van der Waals surface area contributed by atoms with E-state index in [4.69, 9.17) is 23.9 Å². The third kappa shape index (κ3) is 19.1. The van der Waals surface area contributed by atoms with Gasteiger partial charge in [0.2, 0.25) is 17.7 Å². The maximum Gasteiger partial charge on any atom is 0.407 e. The van der Waals surface area contributed by atoms with Gasteiger partial charge in [-0.2, -0.15) is 0 Å². The molecule has 2 heterocycles. The highest BCUT2D eigenvalue weighted by molar-refractivity contribution is 7.09. The number of nitrogens with one attached hydrogen (secondary N) is 5. The van der Waals surface area contributed by atoms with Crippen LogP contribution in [0.15, 0.2) is 78.2 Å². The minimum atomic E-state index is -1.01. The largest absolute Gasteiger partial charge is 0.469 e. The Hall–Kier alpha value is -7.39. The van der Waals surface area contributed by atoms with E-state index in [-0.39, 0.29) is 67.6 Å². The zero-order valence-electron chi connectivity index (χ0n) is 53.8. The van der Waals surface area contributed by atoms with Crippen LogP contribution in [0.2, 0.25) is 0 Å². The van der Waals surface area contributed by atoms with Crippen molar-refractivity contribution in [3.63, 3.8) is 0 Å². The van der Waals surface area contributed by atoms with Crippen LogP contribution in [-0.4, -0.2) is 138 Å². The number of amides is 6. The number of benzene rings is 3. The number of carbonyl (C=O) groups excluding carboxylic acids is 8. The first-order valence-electron chi connectivity index (χ1n) is 31.1. The summed E-state index contributed by atoms with van der Waals surface area (Å²) in [5.74, 6) is -3.51. The lowest BCUT2D eigenvalue weighted by atomic mass is 9.86. The van der Waals surface area contributed by atoms with Gasteiger partial charge >= 0.3 is 24.1 Å². The molecule has 1 aliphatic carbocycles. The minimum absolute atomic E-state index is 0.0553. The number of aromatic nitrogens is 1. The molecule has 1 aliphatic heterocycles. The van der Waals surface area contributed by atoms with Gasteiger partial charge in [0.05, 0.1) is 18.6 Å². The van der Waals surface area contributed by atoms with E-state index in [0.29, 0.717) is 49.5 Å². The first-order valence-corrected chi connectivity index (χ1v) is 32.0. The Morgan fingerprint density at radius 1 is 0.841 bits per heavy atom. The van der Waals surface area contributed by atoms with Crippen LogP contribution in [0, 0.1) is 17.8 Å². The average molecular weight is 1240 g/mol. The average Bonchev–Trinajstić information content (AvgIpc) is 2.07. The predicted molar refractivity (Wildman–Crippen MR) is 339 cm³/mol. The molecule has 6 amide bonds. The van der Waals surface area contributed by atoms with Crippen molar-refractivity contribution in [1.82, 2.24) is 36.1 Å². The monoisotopic (exact) mass is 1230 g/mol. The van der Waals surface area contributed by atoms with Gasteiger partial charge < -0.3 is 50.4 Å². The summed E-state index contributed by atoms with van der Waals surface area (Å²) >= 11 is 1.15. The van der Waals surface area contributed by atoms with Gasteiger partial charge in [0, 0.05) is 55.5 Å². The molecule has 20 nitrogen and oxygen atoms in total. The van der Waals surface area contributed by atoms with E-state index in [1.165, 1.54) is 14.0 Å². The van der Waals surface area contributed by atoms with Gasteiger partial charge in [-0.1, -0.05) is 102 Å². The number of hydrogen-bond acceptors (Lipinski definition) is 15. The van der Waals surface area contributed by atoms with Gasteiger partial charge in [-0.05, 0) is 151 Å². The number of anilines is 1. The quantitative estimate of drug-likeness (QED) is 0.0193. The Kier molecular flexibility index (Phi) is 25.5. The first-order chi connectivity index (χ1) is 41.8. The fraction of sp³-hybridized carbons (Fsp3) is 0.567. The molecule has 0 spiro atoms. The van der Waals surface area contributed by atoms with E-state index in [1.54, 1.807) is 62.2 Å². The number of rotatable bonds is 29. The Labute approximate surface area is 523 Å². The second kappa shape index (κ2) is 32.2. The summed E-state index contributed by atoms with van der Waals surface area (Å²) in [6, 6.07) is 20.2. The molecule has 4 aromatic rings. The minimum Gasteiger partial charge on any atom is -0.469 e. The van der Waals surface area contributed by atoms with Crippen molar-refractivity contribution in [2.75, 3.05) is 45.7 Å². The smallest absolute Gasteiger partial charge is 0.407 e. The van der Waals surface area contributed by atoms with Crippen molar-refractivity contribution < 1.29 is 57.3 Å². The van der Waals surface area contributed by atoms with Crippen LogP contribution >= 0.6 is 11.3 Å². The number of hydrogen-bond donors (Lipinski definition) is 5. The summed E-state index contributed by atoms with van der Waals surface area (Å²) < 4.78 is 22.2. The van der Waals surface area contributed by atoms with Crippen LogP contribution in [0.3, 0.4) is 0 Å². The second-order valence-electron chi connectivity index (χ2n) is 25.0. The van der Waals surface area contributed by atoms with Crippen LogP contribution in [0.1, 0.15) is 178 Å². The van der Waals surface area contributed by atoms with E-state index in [0.717, 1.165) is 58.5 Å². The molecule has 0 unspecified atom stereocenters. The van der Waals surface area contributed by atoms with E-state index >= 15 is 0 Å². The predicted octanol–water partition coefficient (Wildman–Crippen LogP) is 10.5. The van der Waals surface area contributed by atoms with E-state index < -0.39 is 83.3 Å². The molecule has 88 heavy (non-hydrogen) atoms. The Balaban J connectivity index is 1.14. The molecule has 0 radical (unpaired) electrons. The molecule has 2 aliphatic rings. The molecule has 3 aromatic carbocycles. The van der Waals surface area contributed by atoms with Crippen LogP contribution in [0.5, 0.6) is 0 Å². The third-order valence-electron chi connectivity index (χ3n) is 16.9. The molecule has 6 rings (SSSR count). The number of piperidine rings is 1. The molecule has 1 saturated heterocycles. The van der Waals surface area contributed by atoms with Gasteiger partial charge in [-0.3, -0.25) is 33.7 Å². The van der Waals surface area contributed by atoms with Gasteiger partial charge in [-0.25, -0.2) is 14.6 Å². The van der Waals surface area contributed by atoms with Crippen molar-refractivity contribution in [3.05, 3.63) is 106 Å². The highest BCUT2D eigenvalue weighted by Crippen LogP contribution is 2.44. The van der Waals surface area contributed by atoms with Crippen LogP contribution < -0.4 is 26.6 Å². The van der Waals surface area contributed by atoms with Crippen LogP contribution in [0.25, 0.3) is 11.1 Å². The number of likely N-dealkylation sites (tertiary alicyclic amines) is 1. The van der Waals surface area contributed by atoms with Crippen LogP contribution in [0.4, 0.5) is 15.3 Å². The summed E-state index contributed by atoms with van der Waals surface area (Å²) in [6.07, 6.45) is 2.85. The Bertz CT molecular complexity index is 2990. The number of unbranched alkanes of at least 4 members (excludes halogenated alkanes) is 1. The lowest BCUT2D eigenvalue weighted by Gasteiger charge is -2.43. The second-order valence-corrected chi connectivity index (χ2v) is 25.9. The SMILES string of the molecule is CC[C@H](C)[C@H](NC(=O)[C@@]1(C)CCCCN1C)C(=O)N(CC)[C@H](C[C@@H](OC(C)=O)c1nc(C(=O)N[C@@H](Cc2ccc(NC(=O)[C@H](CCCCNC(=O)OC(C)(C)C)NC(=O)OCC3c4ccccc4-c4ccccc43)cc2)C[C@H](C)C(=O)OC)cs1)C(C)C. The molecule has 480 valence electrons. The van der Waals surface area contributed by atoms with Crippen molar-refractivity contribution in [1.29, 1.82) is 0 Å². The zero-order valence-corrected chi connectivity index (χ0v) is 54.6. The zero-order chi connectivity index (χ0) is 64.5. The maximum absolute atomic E-state index is 14.8. The highest BCUT2D eigenvalue weighted by Gasteiger charge is 2.43. The third-order valence-corrected chi connectivity index (χ3v) is 17.8. The van der Waals surface area contributed by atoms with E-state index in [1.807, 2.05) is 97.1 Å². The lowest BCUT2D eigenvalue weighted by Crippen LogP contribution is -2.63. The molecule has 1 fully saturated rings. The van der Waals surface area contributed by atoms with Crippen molar-refractivity contribution >= 4 is 64.8 Å². The molecular weight excluding hydrogens is 1140 g/mol. The molecule has 0 bridgehead atoms. The normalized spacial score (nSPS) is 17.3. The van der Waals surface area contributed by atoms with Crippen LogP contribution in [-0.2, 0) is 49.3 Å². The Morgan fingerprint density at radius 2 is 1.50 bits per heavy atom. The number of likely N-dealkylation sites (N-methyl/N-ethyl adjacent to an activating group) is 2. The topological polar surface area (TPSA) is 253 Å². The van der Waals surface area contributed by atoms with E-state index in [2.05, 4.69) is 31.5 Å². The fourth-order valence-corrected chi connectivity index (χ4v) is 12.5.